The number of ether oxygens (including phenoxy) is 1. The highest BCUT2D eigenvalue weighted by atomic mass is 16.5. The quantitative estimate of drug-likeness (QED) is 0.779. The summed E-state index contributed by atoms with van der Waals surface area (Å²) >= 11 is 0. The molecule has 3 rings (SSSR count). The van der Waals surface area contributed by atoms with Gasteiger partial charge in [0.15, 0.2) is 6.61 Å². The van der Waals surface area contributed by atoms with Crippen molar-refractivity contribution >= 4 is 5.91 Å². The molecule has 1 aliphatic rings. The molecule has 0 saturated carbocycles. The number of nitrogens with one attached hydrogen (secondary N) is 1. The van der Waals surface area contributed by atoms with Crippen molar-refractivity contribution in [3.8, 4) is 5.75 Å². The Labute approximate surface area is 168 Å². The summed E-state index contributed by atoms with van der Waals surface area (Å²) in [6, 6.07) is 12.5. The fraction of sp³-hybridized carbons (Fsp3) is 0.458. The molecule has 0 radical (unpaired) electrons. The molecule has 1 fully saturated rings. The highest BCUT2D eigenvalue weighted by molar-refractivity contribution is 5.77. The van der Waals surface area contributed by atoms with Crippen LogP contribution < -0.4 is 10.1 Å². The van der Waals surface area contributed by atoms with E-state index in [0.717, 1.165) is 23.4 Å². The summed E-state index contributed by atoms with van der Waals surface area (Å²) in [5.74, 6) is 0.699. The first-order valence-corrected chi connectivity index (χ1v) is 10.3. The van der Waals surface area contributed by atoms with Crippen LogP contribution >= 0.6 is 0 Å². The van der Waals surface area contributed by atoms with E-state index >= 15 is 0 Å². The number of likely N-dealkylation sites (tertiary alicyclic amines) is 1. The Kier molecular flexibility index (Phi) is 7.10. The molecular formula is C24H32N2O2. The summed E-state index contributed by atoms with van der Waals surface area (Å²) in [5.41, 5.74) is 5.90. The summed E-state index contributed by atoms with van der Waals surface area (Å²) < 4.78 is 5.78. The molecule has 0 bridgehead atoms. The normalized spacial score (nSPS) is 14.7. The molecule has 0 unspecified atom stereocenters. The molecule has 1 aliphatic heterocycles. The molecular weight excluding hydrogens is 348 g/mol. The van der Waals surface area contributed by atoms with Gasteiger partial charge in [-0.25, -0.2) is 0 Å². The molecule has 4 heteroatoms. The van der Waals surface area contributed by atoms with Crippen molar-refractivity contribution < 1.29 is 9.53 Å². The van der Waals surface area contributed by atoms with Crippen molar-refractivity contribution in [1.82, 2.24) is 10.2 Å². The first-order valence-electron chi connectivity index (χ1n) is 10.3. The van der Waals surface area contributed by atoms with Crippen LogP contribution in [0.4, 0.5) is 0 Å². The molecule has 0 aliphatic carbocycles. The van der Waals surface area contributed by atoms with Crippen LogP contribution in [0, 0.1) is 20.8 Å². The minimum absolute atomic E-state index is 0.0397. The van der Waals surface area contributed by atoms with E-state index in [1.54, 1.807) is 0 Å². The maximum Gasteiger partial charge on any atom is 0.258 e. The number of carbonyl (C=O) groups excluding carboxylic acids is 1. The SMILES string of the molecule is Cc1cc(C)c(C)c(OCC(=O)NCc2ccccc2CN2CCCCC2)c1. The van der Waals surface area contributed by atoms with Crippen molar-refractivity contribution in [3.63, 3.8) is 0 Å². The second kappa shape index (κ2) is 9.74. The lowest BCUT2D eigenvalue weighted by atomic mass is 10.0. The Hall–Kier alpha value is -2.33. The predicted octanol–water partition coefficient (Wildman–Crippen LogP) is 4.29. The van der Waals surface area contributed by atoms with E-state index in [4.69, 9.17) is 4.74 Å². The highest BCUT2D eigenvalue weighted by Crippen LogP contribution is 2.23. The van der Waals surface area contributed by atoms with Gasteiger partial charge in [0.25, 0.3) is 5.91 Å². The van der Waals surface area contributed by atoms with E-state index < -0.39 is 0 Å². The molecule has 1 saturated heterocycles. The van der Waals surface area contributed by atoms with E-state index in [2.05, 4.69) is 41.4 Å². The molecule has 1 amide bonds. The Morgan fingerprint density at radius 2 is 1.75 bits per heavy atom. The van der Waals surface area contributed by atoms with Gasteiger partial charge in [-0.05, 0) is 80.6 Å². The van der Waals surface area contributed by atoms with Crippen molar-refractivity contribution in [2.75, 3.05) is 19.7 Å². The smallest absolute Gasteiger partial charge is 0.258 e. The standard InChI is InChI=1S/C24H32N2O2/c1-18-13-19(2)20(3)23(14-18)28-17-24(27)25-15-21-9-5-6-10-22(21)16-26-11-7-4-8-12-26/h5-6,9-10,13-14H,4,7-8,11-12,15-17H2,1-3H3,(H,25,27). The molecule has 1 N–H and O–H groups in total. The number of aryl methyl sites for hydroxylation is 2. The number of rotatable bonds is 7. The molecule has 2 aromatic carbocycles. The van der Waals surface area contributed by atoms with Crippen LogP contribution in [0.2, 0.25) is 0 Å². The summed E-state index contributed by atoms with van der Waals surface area (Å²) in [5, 5.41) is 3.01. The molecule has 28 heavy (non-hydrogen) atoms. The number of amides is 1. The molecule has 0 atom stereocenters. The number of carbonyl (C=O) groups is 1. The van der Waals surface area contributed by atoms with Crippen molar-refractivity contribution in [1.29, 1.82) is 0 Å². The average molecular weight is 381 g/mol. The first-order chi connectivity index (χ1) is 13.5. The maximum atomic E-state index is 12.3. The second-order valence-electron chi connectivity index (χ2n) is 7.88. The van der Waals surface area contributed by atoms with Crippen molar-refractivity contribution in [3.05, 3.63) is 64.2 Å². The monoisotopic (exact) mass is 380 g/mol. The minimum Gasteiger partial charge on any atom is -0.483 e. The van der Waals surface area contributed by atoms with Gasteiger partial charge in [-0.1, -0.05) is 36.8 Å². The fourth-order valence-corrected chi connectivity index (χ4v) is 3.78. The van der Waals surface area contributed by atoms with E-state index in [1.807, 2.05) is 26.0 Å². The highest BCUT2D eigenvalue weighted by Gasteiger charge is 2.13. The average Bonchev–Trinajstić information content (AvgIpc) is 2.69. The van der Waals surface area contributed by atoms with Crippen molar-refractivity contribution in [2.24, 2.45) is 0 Å². The molecule has 0 aromatic heterocycles. The Balaban J connectivity index is 1.53. The summed E-state index contributed by atoms with van der Waals surface area (Å²) in [6.45, 7) is 10.0. The predicted molar refractivity (Wildman–Crippen MR) is 114 cm³/mol. The fourth-order valence-electron chi connectivity index (χ4n) is 3.78. The van der Waals surface area contributed by atoms with Gasteiger partial charge in [0, 0.05) is 13.1 Å². The van der Waals surface area contributed by atoms with Gasteiger partial charge in [-0.15, -0.1) is 0 Å². The van der Waals surface area contributed by atoms with E-state index in [0.29, 0.717) is 6.54 Å². The van der Waals surface area contributed by atoms with Gasteiger partial charge >= 0.3 is 0 Å². The molecule has 150 valence electrons. The summed E-state index contributed by atoms with van der Waals surface area (Å²) in [4.78, 5) is 14.8. The van der Waals surface area contributed by atoms with E-state index in [9.17, 15) is 4.79 Å². The third kappa shape index (κ3) is 5.59. The zero-order valence-electron chi connectivity index (χ0n) is 17.4. The van der Waals surface area contributed by atoms with Crippen molar-refractivity contribution in [2.45, 2.75) is 53.1 Å². The van der Waals surface area contributed by atoms with Gasteiger partial charge in [-0.2, -0.15) is 0 Å². The third-order valence-corrected chi connectivity index (χ3v) is 5.56. The topological polar surface area (TPSA) is 41.6 Å². The van der Waals surface area contributed by atoms with Crippen LogP contribution in [0.1, 0.15) is 47.1 Å². The molecule has 4 nitrogen and oxygen atoms in total. The van der Waals surface area contributed by atoms with Crippen LogP contribution in [0.15, 0.2) is 36.4 Å². The van der Waals surface area contributed by atoms with Gasteiger partial charge in [-0.3, -0.25) is 9.69 Å². The Bertz CT molecular complexity index is 810. The van der Waals surface area contributed by atoms with Gasteiger partial charge in [0.1, 0.15) is 5.75 Å². The van der Waals surface area contributed by atoms with Gasteiger partial charge in [0.05, 0.1) is 0 Å². The van der Waals surface area contributed by atoms with Crippen LogP contribution in [0.3, 0.4) is 0 Å². The van der Waals surface area contributed by atoms with E-state index in [-0.39, 0.29) is 12.5 Å². The number of hydrogen-bond acceptors (Lipinski definition) is 3. The zero-order chi connectivity index (χ0) is 19.9. The lowest BCUT2D eigenvalue weighted by Crippen LogP contribution is -2.31. The second-order valence-corrected chi connectivity index (χ2v) is 7.88. The largest absolute Gasteiger partial charge is 0.483 e. The van der Waals surface area contributed by atoms with Crippen LogP contribution in [0.5, 0.6) is 5.75 Å². The lowest BCUT2D eigenvalue weighted by Gasteiger charge is -2.27. The van der Waals surface area contributed by atoms with Crippen LogP contribution in [-0.2, 0) is 17.9 Å². The van der Waals surface area contributed by atoms with E-state index in [1.165, 1.54) is 49.0 Å². The minimum atomic E-state index is -0.0914. The van der Waals surface area contributed by atoms with Crippen LogP contribution in [0.25, 0.3) is 0 Å². The lowest BCUT2D eigenvalue weighted by molar-refractivity contribution is -0.123. The number of piperidine rings is 1. The number of nitrogens with zero attached hydrogens (tertiary/aromatic N) is 1. The van der Waals surface area contributed by atoms with Gasteiger partial charge in [0.2, 0.25) is 0 Å². The summed E-state index contributed by atoms with van der Waals surface area (Å²) in [6.07, 6.45) is 3.91. The third-order valence-electron chi connectivity index (χ3n) is 5.56. The number of benzene rings is 2. The Morgan fingerprint density at radius 3 is 2.50 bits per heavy atom. The zero-order valence-corrected chi connectivity index (χ0v) is 17.4. The summed E-state index contributed by atoms with van der Waals surface area (Å²) in [7, 11) is 0. The molecule has 1 heterocycles. The number of hydrogen-bond donors (Lipinski definition) is 1. The molecule has 0 spiro atoms. The van der Waals surface area contributed by atoms with Crippen LogP contribution in [-0.4, -0.2) is 30.5 Å². The first kappa shape index (κ1) is 20.4. The Morgan fingerprint density at radius 1 is 1.04 bits per heavy atom. The maximum absolute atomic E-state index is 12.3. The van der Waals surface area contributed by atoms with Gasteiger partial charge < -0.3 is 10.1 Å². The molecule has 2 aromatic rings.